The highest BCUT2D eigenvalue weighted by molar-refractivity contribution is 6.05. The van der Waals surface area contributed by atoms with Crippen LogP contribution in [0, 0.1) is 11.3 Å². The van der Waals surface area contributed by atoms with E-state index in [1.807, 2.05) is 6.07 Å². The summed E-state index contributed by atoms with van der Waals surface area (Å²) in [5.41, 5.74) is 1.10. The summed E-state index contributed by atoms with van der Waals surface area (Å²) >= 11 is 0. The van der Waals surface area contributed by atoms with E-state index in [2.05, 4.69) is 5.32 Å². The van der Waals surface area contributed by atoms with E-state index in [-0.39, 0.29) is 12.2 Å². The molecule has 5 nitrogen and oxygen atoms in total. The molecule has 0 atom stereocenters. The number of rotatable bonds is 2. The average molecular weight is 230 g/mol. The minimum absolute atomic E-state index is 0.0548. The van der Waals surface area contributed by atoms with Crippen molar-refractivity contribution in [2.75, 3.05) is 11.9 Å². The van der Waals surface area contributed by atoms with Gasteiger partial charge in [-0.3, -0.25) is 0 Å². The highest BCUT2D eigenvalue weighted by Crippen LogP contribution is 2.32. The van der Waals surface area contributed by atoms with Crippen LogP contribution in [0.5, 0.6) is 0 Å². The van der Waals surface area contributed by atoms with Gasteiger partial charge in [0.25, 0.3) is 0 Å². The van der Waals surface area contributed by atoms with Gasteiger partial charge in [-0.25, -0.2) is 4.79 Å². The molecule has 1 aromatic heterocycles. The molecule has 0 radical (unpaired) electrons. The van der Waals surface area contributed by atoms with Crippen LogP contribution in [-0.4, -0.2) is 12.6 Å². The number of nitrogens with zero attached hydrogens (tertiary/aromatic N) is 1. The lowest BCUT2D eigenvalue weighted by Crippen LogP contribution is -2.09. The van der Waals surface area contributed by atoms with E-state index in [0.717, 1.165) is 5.69 Å². The van der Waals surface area contributed by atoms with Gasteiger partial charge in [-0.1, -0.05) is 0 Å². The summed E-state index contributed by atoms with van der Waals surface area (Å²) in [6.45, 7) is 1.92. The Labute approximate surface area is 98.0 Å². The zero-order valence-electron chi connectivity index (χ0n) is 9.19. The number of carbonyl (C=O) groups is 1. The Balaban J connectivity index is 2.50. The second kappa shape index (κ2) is 4.58. The third-order valence-electron chi connectivity index (χ3n) is 2.26. The number of esters is 1. The topological polar surface area (TPSA) is 75.3 Å². The predicted octanol–water partition coefficient (Wildman–Crippen LogP) is 2.06. The molecule has 0 fully saturated rings. The lowest BCUT2D eigenvalue weighted by Gasteiger charge is -2.10. The SMILES string of the molecule is CCOC(=O)/C(C#N)=C1/C=CNc2ccoc21. The van der Waals surface area contributed by atoms with Crippen LogP contribution in [0.4, 0.5) is 5.69 Å². The standard InChI is InChI=1S/C12H10N2O3/c1-2-16-12(15)9(7-13)8-3-5-14-10-4-6-17-11(8)10/h3-6,14H,2H2,1H3/b9-8-. The van der Waals surface area contributed by atoms with E-state index in [9.17, 15) is 4.79 Å². The number of furan rings is 1. The summed E-state index contributed by atoms with van der Waals surface area (Å²) in [6.07, 6.45) is 4.75. The summed E-state index contributed by atoms with van der Waals surface area (Å²) in [7, 11) is 0. The Bertz CT molecular complexity index is 546. The second-order valence-corrected chi connectivity index (χ2v) is 3.26. The lowest BCUT2D eigenvalue weighted by atomic mass is 10.0. The predicted molar refractivity (Wildman–Crippen MR) is 60.6 cm³/mol. The van der Waals surface area contributed by atoms with Gasteiger partial charge in [0, 0.05) is 17.8 Å². The molecule has 2 rings (SSSR count). The Morgan fingerprint density at radius 2 is 2.47 bits per heavy atom. The molecule has 0 amide bonds. The minimum atomic E-state index is -0.640. The molecule has 0 unspecified atom stereocenters. The number of anilines is 1. The Hall–Kier alpha value is -2.48. The van der Waals surface area contributed by atoms with Crippen molar-refractivity contribution in [3.8, 4) is 6.07 Å². The summed E-state index contributed by atoms with van der Waals surface area (Å²) in [5, 5.41) is 12.0. The molecule has 86 valence electrons. The largest absolute Gasteiger partial charge is 0.462 e. The van der Waals surface area contributed by atoms with Gasteiger partial charge in [0.15, 0.2) is 5.76 Å². The minimum Gasteiger partial charge on any atom is -0.462 e. The van der Waals surface area contributed by atoms with Gasteiger partial charge in [-0.15, -0.1) is 0 Å². The van der Waals surface area contributed by atoms with Crippen molar-refractivity contribution in [1.29, 1.82) is 5.26 Å². The Morgan fingerprint density at radius 3 is 3.18 bits per heavy atom. The summed E-state index contributed by atoms with van der Waals surface area (Å²) in [4.78, 5) is 11.6. The summed E-state index contributed by atoms with van der Waals surface area (Å²) < 4.78 is 10.1. The van der Waals surface area contributed by atoms with Crippen LogP contribution in [0.1, 0.15) is 12.7 Å². The smallest absolute Gasteiger partial charge is 0.349 e. The molecule has 0 saturated carbocycles. The van der Waals surface area contributed by atoms with Gasteiger partial charge in [0.2, 0.25) is 0 Å². The maximum absolute atomic E-state index is 11.6. The Morgan fingerprint density at radius 1 is 1.65 bits per heavy atom. The molecule has 17 heavy (non-hydrogen) atoms. The van der Waals surface area contributed by atoms with Crippen molar-refractivity contribution in [1.82, 2.24) is 0 Å². The Kier molecular flexibility index (Phi) is 2.97. The molecule has 1 aromatic rings. The van der Waals surface area contributed by atoms with E-state index >= 15 is 0 Å². The van der Waals surface area contributed by atoms with Crippen LogP contribution in [0.25, 0.3) is 5.57 Å². The quantitative estimate of drug-likeness (QED) is 0.478. The highest BCUT2D eigenvalue weighted by Gasteiger charge is 2.22. The molecule has 0 saturated heterocycles. The van der Waals surface area contributed by atoms with Crippen molar-refractivity contribution in [3.63, 3.8) is 0 Å². The molecule has 0 aromatic carbocycles. The first kappa shape index (κ1) is 11.0. The number of nitriles is 1. The fraction of sp³-hybridized carbons (Fsp3) is 0.167. The highest BCUT2D eigenvalue weighted by atomic mass is 16.5. The molecular weight excluding hydrogens is 220 g/mol. The van der Waals surface area contributed by atoms with Gasteiger partial charge >= 0.3 is 5.97 Å². The molecule has 1 aliphatic heterocycles. The maximum atomic E-state index is 11.6. The van der Waals surface area contributed by atoms with Gasteiger partial charge in [0.1, 0.15) is 11.6 Å². The fourth-order valence-corrected chi connectivity index (χ4v) is 1.54. The zero-order valence-corrected chi connectivity index (χ0v) is 9.19. The van der Waals surface area contributed by atoms with Crippen LogP contribution in [-0.2, 0) is 9.53 Å². The molecule has 5 heteroatoms. The first-order chi connectivity index (χ1) is 8.27. The molecule has 0 spiro atoms. The second-order valence-electron chi connectivity index (χ2n) is 3.26. The van der Waals surface area contributed by atoms with Crippen LogP contribution in [0.15, 0.2) is 34.6 Å². The van der Waals surface area contributed by atoms with E-state index < -0.39 is 5.97 Å². The number of fused-ring (bicyclic) bond motifs is 1. The molecule has 2 heterocycles. The van der Waals surface area contributed by atoms with Crippen molar-refractivity contribution < 1.29 is 13.9 Å². The van der Waals surface area contributed by atoms with Crippen LogP contribution < -0.4 is 5.32 Å². The monoisotopic (exact) mass is 230 g/mol. The molecule has 1 aliphatic rings. The summed E-state index contributed by atoms with van der Waals surface area (Å²) in [6, 6.07) is 3.57. The molecule has 0 bridgehead atoms. The van der Waals surface area contributed by atoms with E-state index in [0.29, 0.717) is 11.3 Å². The number of ether oxygens (including phenoxy) is 1. The molecule has 0 aliphatic carbocycles. The molecular formula is C12H10N2O3. The number of nitrogens with one attached hydrogen (secondary N) is 1. The van der Waals surface area contributed by atoms with E-state index in [1.165, 1.54) is 6.26 Å². The van der Waals surface area contributed by atoms with Crippen LogP contribution in [0.2, 0.25) is 0 Å². The first-order valence-corrected chi connectivity index (χ1v) is 5.10. The number of allylic oxidation sites excluding steroid dienone is 2. The van der Waals surface area contributed by atoms with Gasteiger partial charge in [-0.05, 0) is 13.0 Å². The zero-order chi connectivity index (χ0) is 12.3. The summed E-state index contributed by atoms with van der Waals surface area (Å²) in [5.74, 6) is -0.170. The molecule has 1 N–H and O–H groups in total. The van der Waals surface area contributed by atoms with Crippen molar-refractivity contribution in [2.24, 2.45) is 0 Å². The van der Waals surface area contributed by atoms with E-state index in [4.69, 9.17) is 14.4 Å². The van der Waals surface area contributed by atoms with Crippen LogP contribution in [0.3, 0.4) is 0 Å². The fourth-order valence-electron chi connectivity index (χ4n) is 1.54. The van der Waals surface area contributed by atoms with Gasteiger partial charge in [0.05, 0.1) is 18.6 Å². The van der Waals surface area contributed by atoms with Crippen molar-refractivity contribution >= 4 is 17.2 Å². The van der Waals surface area contributed by atoms with Crippen LogP contribution >= 0.6 is 0 Å². The average Bonchev–Trinajstić information content (AvgIpc) is 2.79. The normalized spacial score (nSPS) is 15.5. The number of hydrogen-bond donors (Lipinski definition) is 1. The van der Waals surface area contributed by atoms with Gasteiger partial charge in [-0.2, -0.15) is 5.26 Å². The number of hydrogen-bond acceptors (Lipinski definition) is 5. The number of carbonyl (C=O) groups excluding carboxylic acids is 1. The third kappa shape index (κ3) is 1.93. The van der Waals surface area contributed by atoms with Gasteiger partial charge < -0.3 is 14.5 Å². The van der Waals surface area contributed by atoms with Crippen molar-refractivity contribution in [3.05, 3.63) is 35.9 Å². The lowest BCUT2D eigenvalue weighted by molar-refractivity contribution is -0.137. The van der Waals surface area contributed by atoms with Crippen molar-refractivity contribution in [2.45, 2.75) is 6.92 Å². The third-order valence-corrected chi connectivity index (χ3v) is 2.26. The maximum Gasteiger partial charge on any atom is 0.349 e. The first-order valence-electron chi connectivity index (χ1n) is 5.10. The van der Waals surface area contributed by atoms with E-state index in [1.54, 1.807) is 25.3 Å².